The van der Waals surface area contributed by atoms with Gasteiger partial charge in [0, 0.05) is 35.4 Å². The molecule has 1 N–H and O–H groups in total. The Morgan fingerprint density at radius 3 is 2.62 bits per heavy atom. The Morgan fingerprint density at radius 2 is 1.96 bits per heavy atom. The van der Waals surface area contributed by atoms with E-state index in [2.05, 4.69) is 31.2 Å². The van der Waals surface area contributed by atoms with Crippen molar-refractivity contribution >= 4 is 40.0 Å². The van der Waals surface area contributed by atoms with E-state index in [4.69, 9.17) is 17.0 Å². The van der Waals surface area contributed by atoms with Crippen molar-refractivity contribution in [2.24, 2.45) is 5.10 Å². The molecule has 0 saturated heterocycles. The zero-order valence-electron chi connectivity index (χ0n) is 14.6. The van der Waals surface area contributed by atoms with Gasteiger partial charge in [-0.3, -0.25) is 0 Å². The fourth-order valence-corrected chi connectivity index (χ4v) is 2.98. The van der Waals surface area contributed by atoms with E-state index >= 15 is 0 Å². The van der Waals surface area contributed by atoms with Gasteiger partial charge in [-0.15, -0.1) is 0 Å². The average molecular weight is 432 g/mol. The van der Waals surface area contributed by atoms with E-state index < -0.39 is 0 Å². The highest BCUT2D eigenvalue weighted by molar-refractivity contribution is 9.10. The van der Waals surface area contributed by atoms with Gasteiger partial charge in [0.2, 0.25) is 4.77 Å². The number of benzene rings is 2. The fraction of sp³-hybridized carbons (Fsp3) is 0.167. The standard InChI is InChI=1S/C18H18BrN5OS/c1-23(2)15-7-4-12(5-8-15)17-21-22-18(26)24(17)20-11-13-10-14(19)6-9-16(13)25-3/h4-11H,1-3H3,(H,22,26)/b20-11-. The summed E-state index contributed by atoms with van der Waals surface area (Å²) in [5.41, 5.74) is 2.86. The Labute approximate surface area is 165 Å². The molecule has 2 aromatic carbocycles. The summed E-state index contributed by atoms with van der Waals surface area (Å²) in [5, 5.41) is 11.6. The van der Waals surface area contributed by atoms with Gasteiger partial charge in [0.05, 0.1) is 13.3 Å². The first-order chi connectivity index (χ1) is 12.5. The molecule has 0 aliphatic carbocycles. The highest BCUT2D eigenvalue weighted by atomic mass is 79.9. The highest BCUT2D eigenvalue weighted by Gasteiger charge is 2.09. The Kier molecular flexibility index (Phi) is 5.53. The van der Waals surface area contributed by atoms with Crippen molar-refractivity contribution in [3.63, 3.8) is 0 Å². The number of H-pyrrole nitrogens is 1. The summed E-state index contributed by atoms with van der Waals surface area (Å²) in [6, 6.07) is 13.8. The summed E-state index contributed by atoms with van der Waals surface area (Å²) in [5.74, 6) is 1.37. The molecular formula is C18H18BrN5OS. The molecular weight excluding hydrogens is 414 g/mol. The van der Waals surface area contributed by atoms with Crippen LogP contribution in [-0.4, -0.2) is 42.3 Å². The summed E-state index contributed by atoms with van der Waals surface area (Å²) in [4.78, 5) is 2.04. The molecule has 0 radical (unpaired) electrons. The van der Waals surface area contributed by atoms with E-state index in [1.54, 1.807) is 18.0 Å². The molecule has 8 heteroatoms. The maximum Gasteiger partial charge on any atom is 0.216 e. The molecule has 0 saturated carbocycles. The maximum absolute atomic E-state index is 5.38. The number of halogens is 1. The van der Waals surface area contributed by atoms with Gasteiger partial charge in [0.25, 0.3) is 0 Å². The van der Waals surface area contributed by atoms with Crippen molar-refractivity contribution < 1.29 is 4.74 Å². The van der Waals surface area contributed by atoms with Crippen LogP contribution in [0.5, 0.6) is 5.75 Å². The lowest BCUT2D eigenvalue weighted by atomic mass is 10.2. The molecule has 26 heavy (non-hydrogen) atoms. The first-order valence-electron chi connectivity index (χ1n) is 7.82. The van der Waals surface area contributed by atoms with Crippen LogP contribution in [0.3, 0.4) is 0 Å². The van der Waals surface area contributed by atoms with Crippen LogP contribution in [-0.2, 0) is 0 Å². The van der Waals surface area contributed by atoms with Crippen LogP contribution in [0.1, 0.15) is 5.56 Å². The fourth-order valence-electron chi connectivity index (χ4n) is 2.42. The van der Waals surface area contributed by atoms with Gasteiger partial charge in [-0.1, -0.05) is 15.9 Å². The molecule has 0 unspecified atom stereocenters. The van der Waals surface area contributed by atoms with Crippen molar-refractivity contribution in [2.45, 2.75) is 0 Å². The molecule has 1 aromatic heterocycles. The third-order valence-corrected chi connectivity index (χ3v) is 4.55. The second-order valence-corrected chi connectivity index (χ2v) is 7.04. The Hall–Kier alpha value is -2.45. The molecule has 3 aromatic rings. The molecule has 0 atom stereocenters. The zero-order chi connectivity index (χ0) is 18.7. The quantitative estimate of drug-likeness (QED) is 0.482. The van der Waals surface area contributed by atoms with Crippen LogP contribution in [0.2, 0.25) is 0 Å². The first-order valence-corrected chi connectivity index (χ1v) is 9.03. The third-order valence-electron chi connectivity index (χ3n) is 3.80. The third kappa shape index (κ3) is 3.86. The Bertz CT molecular complexity index is 992. The number of methoxy groups -OCH3 is 1. The van der Waals surface area contributed by atoms with Crippen molar-refractivity contribution in [1.29, 1.82) is 0 Å². The van der Waals surface area contributed by atoms with Gasteiger partial charge in [-0.2, -0.15) is 14.9 Å². The number of nitrogens with one attached hydrogen (secondary N) is 1. The van der Waals surface area contributed by atoms with E-state index in [0.717, 1.165) is 27.0 Å². The van der Waals surface area contributed by atoms with Crippen LogP contribution < -0.4 is 9.64 Å². The smallest absolute Gasteiger partial charge is 0.216 e. The summed E-state index contributed by atoms with van der Waals surface area (Å²) >= 11 is 8.79. The molecule has 0 aliphatic rings. The van der Waals surface area contributed by atoms with E-state index in [1.165, 1.54) is 0 Å². The number of nitrogens with zero attached hydrogens (tertiary/aromatic N) is 4. The zero-order valence-corrected chi connectivity index (χ0v) is 17.0. The maximum atomic E-state index is 5.38. The van der Waals surface area contributed by atoms with E-state index in [0.29, 0.717) is 10.6 Å². The molecule has 0 amide bonds. The minimum absolute atomic E-state index is 0.418. The first kappa shape index (κ1) is 18.3. The van der Waals surface area contributed by atoms with Gasteiger partial charge in [0.1, 0.15) is 5.75 Å². The number of rotatable bonds is 5. The molecule has 134 valence electrons. The largest absolute Gasteiger partial charge is 0.496 e. The van der Waals surface area contributed by atoms with Crippen LogP contribution in [0.4, 0.5) is 5.69 Å². The molecule has 3 rings (SSSR count). The van der Waals surface area contributed by atoms with Crippen LogP contribution in [0, 0.1) is 4.77 Å². The van der Waals surface area contributed by atoms with E-state index in [1.807, 2.05) is 61.5 Å². The minimum Gasteiger partial charge on any atom is -0.496 e. The Balaban J connectivity index is 1.99. The summed E-state index contributed by atoms with van der Waals surface area (Å²) < 4.78 is 8.33. The van der Waals surface area contributed by atoms with Gasteiger partial charge in [0.15, 0.2) is 5.82 Å². The number of hydrogen-bond acceptors (Lipinski definition) is 5. The van der Waals surface area contributed by atoms with Crippen LogP contribution in [0.15, 0.2) is 52.0 Å². The molecule has 0 bridgehead atoms. The van der Waals surface area contributed by atoms with Crippen molar-refractivity contribution in [2.75, 3.05) is 26.1 Å². The Morgan fingerprint density at radius 1 is 1.23 bits per heavy atom. The van der Waals surface area contributed by atoms with Gasteiger partial charge >= 0.3 is 0 Å². The number of anilines is 1. The lowest BCUT2D eigenvalue weighted by molar-refractivity contribution is 0.414. The van der Waals surface area contributed by atoms with Crippen molar-refractivity contribution in [3.05, 3.63) is 57.3 Å². The summed E-state index contributed by atoms with van der Waals surface area (Å²) in [6.07, 6.45) is 1.70. The molecule has 1 heterocycles. The number of aromatic nitrogens is 3. The lowest BCUT2D eigenvalue weighted by Crippen LogP contribution is -2.08. The number of aromatic amines is 1. The van der Waals surface area contributed by atoms with Crippen LogP contribution in [0.25, 0.3) is 11.4 Å². The van der Waals surface area contributed by atoms with Crippen molar-refractivity contribution in [3.8, 4) is 17.1 Å². The SMILES string of the molecule is COc1ccc(Br)cc1/C=N\n1c(-c2ccc(N(C)C)cc2)n[nH]c1=S. The second-order valence-electron chi connectivity index (χ2n) is 5.74. The molecule has 0 fully saturated rings. The predicted octanol–water partition coefficient (Wildman–Crippen LogP) is 4.33. The topological polar surface area (TPSA) is 58.4 Å². The van der Waals surface area contributed by atoms with Gasteiger partial charge in [-0.05, 0) is 54.7 Å². The van der Waals surface area contributed by atoms with Gasteiger partial charge in [-0.25, -0.2) is 5.10 Å². The summed E-state index contributed by atoms with van der Waals surface area (Å²) in [6.45, 7) is 0. The highest BCUT2D eigenvalue weighted by Crippen LogP contribution is 2.23. The van der Waals surface area contributed by atoms with Crippen LogP contribution >= 0.6 is 28.1 Å². The normalized spacial score (nSPS) is 11.1. The monoisotopic (exact) mass is 431 g/mol. The van der Waals surface area contributed by atoms with Gasteiger partial charge < -0.3 is 9.64 Å². The second kappa shape index (κ2) is 7.84. The predicted molar refractivity (Wildman–Crippen MR) is 111 cm³/mol. The number of ether oxygens (including phenoxy) is 1. The summed E-state index contributed by atoms with van der Waals surface area (Å²) in [7, 11) is 5.63. The number of hydrogen-bond donors (Lipinski definition) is 1. The van der Waals surface area contributed by atoms with Crippen molar-refractivity contribution in [1.82, 2.24) is 14.9 Å². The molecule has 6 nitrogen and oxygen atoms in total. The van der Waals surface area contributed by atoms with E-state index in [-0.39, 0.29) is 0 Å². The minimum atomic E-state index is 0.418. The average Bonchev–Trinajstić information content (AvgIpc) is 3.00. The molecule has 0 aliphatic heterocycles. The van der Waals surface area contributed by atoms with E-state index in [9.17, 15) is 0 Å². The molecule has 0 spiro atoms. The lowest BCUT2D eigenvalue weighted by Gasteiger charge is -2.12.